The van der Waals surface area contributed by atoms with E-state index in [-0.39, 0.29) is 6.04 Å². The maximum atomic E-state index is 6.23. The minimum absolute atomic E-state index is 0.268. The van der Waals surface area contributed by atoms with Crippen molar-refractivity contribution in [3.63, 3.8) is 0 Å². The maximum Gasteiger partial charge on any atom is 0.0468 e. The van der Waals surface area contributed by atoms with E-state index < -0.39 is 0 Å². The molecule has 0 fully saturated rings. The van der Waals surface area contributed by atoms with Crippen LogP contribution in [0.2, 0.25) is 10.0 Å². The van der Waals surface area contributed by atoms with Crippen molar-refractivity contribution in [3.05, 3.63) is 33.8 Å². The van der Waals surface area contributed by atoms with Crippen molar-refractivity contribution in [2.75, 3.05) is 7.05 Å². The predicted molar refractivity (Wildman–Crippen MR) is 72.3 cm³/mol. The van der Waals surface area contributed by atoms with Crippen LogP contribution in [0.25, 0.3) is 0 Å². The average Bonchev–Trinajstić information content (AvgIpc) is 2.21. The first-order valence-electron chi connectivity index (χ1n) is 5.59. The van der Waals surface area contributed by atoms with Gasteiger partial charge in [0.2, 0.25) is 0 Å². The third-order valence-electron chi connectivity index (χ3n) is 3.19. The summed E-state index contributed by atoms with van der Waals surface area (Å²) in [7, 11) is 1.97. The van der Waals surface area contributed by atoms with E-state index in [0.29, 0.717) is 16.9 Å². The molecule has 0 bridgehead atoms. The number of nitrogens with one attached hydrogen (secondary N) is 1. The molecular formula is C13H19Cl2N. The third kappa shape index (κ3) is 3.13. The first-order valence-corrected chi connectivity index (χ1v) is 6.35. The topological polar surface area (TPSA) is 12.0 Å². The highest BCUT2D eigenvalue weighted by Crippen LogP contribution is 2.33. The van der Waals surface area contributed by atoms with Crippen molar-refractivity contribution in [1.29, 1.82) is 0 Å². The molecule has 2 unspecified atom stereocenters. The summed E-state index contributed by atoms with van der Waals surface area (Å²) in [6.07, 6.45) is 0. The molecule has 0 amide bonds. The van der Waals surface area contributed by atoms with Crippen molar-refractivity contribution in [2.24, 2.45) is 11.8 Å². The summed E-state index contributed by atoms with van der Waals surface area (Å²) in [5, 5.41) is 4.75. The molecule has 0 aliphatic heterocycles. The lowest BCUT2D eigenvalue weighted by molar-refractivity contribution is 0.317. The Balaban J connectivity index is 3.04. The number of halogens is 2. The zero-order chi connectivity index (χ0) is 12.3. The molecule has 0 heterocycles. The Morgan fingerprint density at radius 3 is 2.19 bits per heavy atom. The Labute approximate surface area is 108 Å². The minimum Gasteiger partial charge on any atom is -0.313 e. The molecule has 2 atom stereocenters. The van der Waals surface area contributed by atoms with Crippen LogP contribution in [0.1, 0.15) is 32.4 Å². The molecule has 0 aliphatic carbocycles. The summed E-state index contributed by atoms with van der Waals surface area (Å²) in [5.74, 6) is 1.12. The first-order chi connectivity index (χ1) is 7.47. The molecule has 0 saturated carbocycles. The van der Waals surface area contributed by atoms with Crippen LogP contribution >= 0.6 is 23.2 Å². The van der Waals surface area contributed by atoms with Gasteiger partial charge in [0.25, 0.3) is 0 Å². The van der Waals surface area contributed by atoms with E-state index in [1.807, 2.05) is 19.2 Å². The van der Waals surface area contributed by atoms with Crippen molar-refractivity contribution in [1.82, 2.24) is 5.32 Å². The molecule has 90 valence electrons. The lowest BCUT2D eigenvalue weighted by atomic mass is 9.86. The summed E-state index contributed by atoms with van der Waals surface area (Å²) in [6.45, 7) is 6.68. The largest absolute Gasteiger partial charge is 0.313 e. The second kappa shape index (κ2) is 5.90. The van der Waals surface area contributed by atoms with Gasteiger partial charge in [0.1, 0.15) is 0 Å². The van der Waals surface area contributed by atoms with Crippen molar-refractivity contribution < 1.29 is 0 Å². The monoisotopic (exact) mass is 259 g/mol. The summed E-state index contributed by atoms with van der Waals surface area (Å²) < 4.78 is 0. The van der Waals surface area contributed by atoms with Gasteiger partial charge in [-0.05, 0) is 36.6 Å². The van der Waals surface area contributed by atoms with Crippen LogP contribution in [-0.2, 0) is 0 Å². The number of hydrogen-bond donors (Lipinski definition) is 1. The fraction of sp³-hybridized carbons (Fsp3) is 0.538. The van der Waals surface area contributed by atoms with Gasteiger partial charge in [-0.3, -0.25) is 0 Å². The van der Waals surface area contributed by atoms with Crippen LogP contribution in [0.5, 0.6) is 0 Å². The van der Waals surface area contributed by atoms with E-state index in [1.165, 1.54) is 0 Å². The van der Waals surface area contributed by atoms with E-state index >= 15 is 0 Å². The Morgan fingerprint density at radius 1 is 1.12 bits per heavy atom. The van der Waals surface area contributed by atoms with Gasteiger partial charge in [-0.1, -0.05) is 50.0 Å². The zero-order valence-corrected chi connectivity index (χ0v) is 11.7. The Morgan fingerprint density at radius 2 is 1.75 bits per heavy atom. The summed E-state index contributed by atoms with van der Waals surface area (Å²) in [4.78, 5) is 0. The molecule has 0 saturated heterocycles. The van der Waals surface area contributed by atoms with Crippen LogP contribution in [0.4, 0.5) is 0 Å². The highest BCUT2D eigenvalue weighted by Gasteiger charge is 2.22. The number of benzene rings is 1. The van der Waals surface area contributed by atoms with Gasteiger partial charge in [0.15, 0.2) is 0 Å². The molecule has 3 heteroatoms. The second-order valence-corrected chi connectivity index (χ2v) is 5.38. The van der Waals surface area contributed by atoms with E-state index in [1.54, 1.807) is 6.07 Å². The molecule has 0 spiro atoms. The Bertz CT molecular complexity index is 350. The number of hydrogen-bond acceptors (Lipinski definition) is 1. The summed E-state index contributed by atoms with van der Waals surface area (Å²) in [6, 6.07) is 5.96. The SMILES string of the molecule is CNC(c1ccc(Cl)cc1Cl)C(C)C(C)C. The van der Waals surface area contributed by atoms with Crippen LogP contribution in [-0.4, -0.2) is 7.05 Å². The van der Waals surface area contributed by atoms with Crippen molar-refractivity contribution in [2.45, 2.75) is 26.8 Å². The smallest absolute Gasteiger partial charge is 0.0468 e. The third-order valence-corrected chi connectivity index (χ3v) is 3.75. The minimum atomic E-state index is 0.268. The maximum absolute atomic E-state index is 6.23. The molecular weight excluding hydrogens is 241 g/mol. The molecule has 0 aliphatic rings. The molecule has 1 rings (SSSR count). The Kier molecular flexibility index (Phi) is 5.10. The van der Waals surface area contributed by atoms with E-state index in [0.717, 1.165) is 10.6 Å². The molecule has 1 aromatic rings. The molecule has 1 nitrogen and oxygen atoms in total. The van der Waals surface area contributed by atoms with Crippen LogP contribution in [0, 0.1) is 11.8 Å². The van der Waals surface area contributed by atoms with Gasteiger partial charge >= 0.3 is 0 Å². The molecule has 1 aromatic carbocycles. The fourth-order valence-electron chi connectivity index (χ4n) is 1.84. The molecule has 0 radical (unpaired) electrons. The van der Waals surface area contributed by atoms with Crippen LogP contribution < -0.4 is 5.32 Å². The average molecular weight is 260 g/mol. The highest BCUT2D eigenvalue weighted by atomic mass is 35.5. The number of rotatable bonds is 4. The fourth-order valence-corrected chi connectivity index (χ4v) is 2.37. The lowest BCUT2D eigenvalue weighted by Crippen LogP contribution is -2.26. The molecule has 1 N–H and O–H groups in total. The predicted octanol–water partition coefficient (Wildman–Crippen LogP) is 4.55. The van der Waals surface area contributed by atoms with E-state index in [4.69, 9.17) is 23.2 Å². The first kappa shape index (κ1) is 13.8. The van der Waals surface area contributed by atoms with Gasteiger partial charge in [0.05, 0.1) is 0 Å². The van der Waals surface area contributed by atoms with Gasteiger partial charge in [-0.25, -0.2) is 0 Å². The Hall–Kier alpha value is -0.240. The van der Waals surface area contributed by atoms with Crippen LogP contribution in [0.3, 0.4) is 0 Å². The van der Waals surface area contributed by atoms with Gasteiger partial charge in [-0.2, -0.15) is 0 Å². The second-order valence-electron chi connectivity index (χ2n) is 4.54. The zero-order valence-electron chi connectivity index (χ0n) is 10.2. The lowest BCUT2D eigenvalue weighted by Gasteiger charge is -2.27. The summed E-state index contributed by atoms with van der Waals surface area (Å²) in [5.41, 5.74) is 1.12. The molecule has 16 heavy (non-hydrogen) atoms. The van der Waals surface area contributed by atoms with Crippen LogP contribution in [0.15, 0.2) is 18.2 Å². The summed E-state index contributed by atoms with van der Waals surface area (Å²) >= 11 is 12.1. The normalized spacial score (nSPS) is 15.2. The van der Waals surface area contributed by atoms with Gasteiger partial charge in [-0.15, -0.1) is 0 Å². The highest BCUT2D eigenvalue weighted by molar-refractivity contribution is 6.35. The van der Waals surface area contributed by atoms with Gasteiger partial charge < -0.3 is 5.32 Å². The van der Waals surface area contributed by atoms with E-state index in [2.05, 4.69) is 26.1 Å². The standard InChI is InChI=1S/C13H19Cl2N/c1-8(2)9(3)13(16-4)11-6-5-10(14)7-12(11)15/h5-9,13,16H,1-4H3. The molecule has 0 aromatic heterocycles. The van der Waals surface area contributed by atoms with E-state index in [9.17, 15) is 0 Å². The van der Waals surface area contributed by atoms with Crippen molar-refractivity contribution in [3.8, 4) is 0 Å². The quantitative estimate of drug-likeness (QED) is 0.837. The van der Waals surface area contributed by atoms with Crippen molar-refractivity contribution >= 4 is 23.2 Å². The van der Waals surface area contributed by atoms with Gasteiger partial charge in [0, 0.05) is 16.1 Å².